The van der Waals surface area contributed by atoms with Gasteiger partial charge in [0.05, 0.1) is 4.75 Å². The molecule has 2 atom stereocenters. The van der Waals surface area contributed by atoms with Gasteiger partial charge in [0.25, 0.3) is 0 Å². The molecule has 0 spiro atoms. The lowest BCUT2D eigenvalue weighted by Crippen LogP contribution is -2.44. The maximum absolute atomic E-state index is 12.2. The Morgan fingerprint density at radius 3 is 1.92 bits per heavy atom. The van der Waals surface area contributed by atoms with Crippen LogP contribution < -0.4 is 0 Å². The molecule has 0 amide bonds. The normalized spacial score (nSPS) is 59.2. The number of hydrogen-bond acceptors (Lipinski definition) is 2. The molecule has 0 unspecified atom stereocenters. The van der Waals surface area contributed by atoms with Crippen LogP contribution in [0.4, 0.5) is 0 Å². The molecule has 2 aliphatic heterocycles. The first-order valence-electron chi connectivity index (χ1n) is 4.56. The van der Waals surface area contributed by atoms with Crippen LogP contribution in [-0.2, 0) is 9.84 Å². The first kappa shape index (κ1) is 7.80. The fraction of sp³-hybridized carbons (Fsp3) is 0.600. The summed E-state index contributed by atoms with van der Waals surface area (Å²) in [6.07, 6.45) is 7.84. The fourth-order valence-electron chi connectivity index (χ4n) is 2.83. The zero-order valence-electron chi connectivity index (χ0n) is 7.69. The van der Waals surface area contributed by atoms with Crippen LogP contribution in [0.15, 0.2) is 24.3 Å². The van der Waals surface area contributed by atoms with E-state index in [-0.39, 0.29) is 11.8 Å². The Morgan fingerprint density at radius 2 is 1.54 bits per heavy atom. The number of allylic oxidation sites excluding steroid dienone is 2. The number of sulfone groups is 1. The van der Waals surface area contributed by atoms with Crippen molar-refractivity contribution < 1.29 is 8.42 Å². The molecule has 0 N–H and O–H groups in total. The molecule has 1 fully saturated rings. The third kappa shape index (κ3) is 0.539. The average molecular weight is 196 g/mol. The zero-order valence-corrected chi connectivity index (χ0v) is 8.51. The van der Waals surface area contributed by atoms with Gasteiger partial charge in [0.15, 0.2) is 9.84 Å². The molecular weight excluding hydrogens is 184 g/mol. The molecule has 0 aromatic carbocycles. The predicted octanol–water partition coefficient (Wildman–Crippen LogP) is 1.30. The van der Waals surface area contributed by atoms with Gasteiger partial charge in [-0.1, -0.05) is 24.3 Å². The molecule has 0 radical (unpaired) electrons. The van der Waals surface area contributed by atoms with Crippen LogP contribution in [0.2, 0.25) is 0 Å². The SMILES string of the molecule is CC12C=C[C@H]3[C@H](C=C1)C3(C)S2(=O)=O. The van der Waals surface area contributed by atoms with Crippen molar-refractivity contribution >= 4 is 9.84 Å². The van der Waals surface area contributed by atoms with Crippen LogP contribution in [-0.4, -0.2) is 17.9 Å². The first-order valence-corrected chi connectivity index (χ1v) is 6.05. The minimum absolute atomic E-state index is 0.240. The number of hydrogen-bond donors (Lipinski definition) is 0. The molecule has 1 saturated carbocycles. The maximum atomic E-state index is 12.2. The van der Waals surface area contributed by atoms with Gasteiger partial charge in [-0.05, 0) is 13.8 Å². The van der Waals surface area contributed by atoms with Crippen LogP contribution >= 0.6 is 0 Å². The monoisotopic (exact) mass is 196 g/mol. The van der Waals surface area contributed by atoms with Gasteiger partial charge < -0.3 is 0 Å². The van der Waals surface area contributed by atoms with E-state index in [1.807, 2.05) is 19.1 Å². The van der Waals surface area contributed by atoms with Crippen LogP contribution in [0.1, 0.15) is 13.8 Å². The Kier molecular flexibility index (Phi) is 0.991. The Balaban J connectivity index is 2.41. The van der Waals surface area contributed by atoms with Crippen molar-refractivity contribution in [3.8, 4) is 0 Å². The van der Waals surface area contributed by atoms with E-state index >= 15 is 0 Å². The second kappa shape index (κ2) is 1.65. The predicted molar refractivity (Wildman–Crippen MR) is 51.0 cm³/mol. The van der Waals surface area contributed by atoms with E-state index in [0.29, 0.717) is 0 Å². The first-order chi connectivity index (χ1) is 5.93. The van der Waals surface area contributed by atoms with Crippen molar-refractivity contribution in [1.82, 2.24) is 0 Å². The Morgan fingerprint density at radius 1 is 1.08 bits per heavy atom. The van der Waals surface area contributed by atoms with Gasteiger partial charge in [0.2, 0.25) is 0 Å². The molecule has 1 aliphatic carbocycles. The van der Waals surface area contributed by atoms with Crippen LogP contribution in [0, 0.1) is 11.8 Å². The van der Waals surface area contributed by atoms with Crippen molar-refractivity contribution in [2.75, 3.05) is 0 Å². The summed E-state index contributed by atoms with van der Waals surface area (Å²) in [6.45, 7) is 3.66. The smallest absolute Gasteiger partial charge is 0.169 e. The van der Waals surface area contributed by atoms with E-state index < -0.39 is 19.3 Å². The van der Waals surface area contributed by atoms with Crippen LogP contribution in [0.25, 0.3) is 0 Å². The highest BCUT2D eigenvalue weighted by atomic mass is 32.2. The Bertz CT molecular complexity index is 422. The molecule has 3 rings (SSSR count). The summed E-state index contributed by atoms with van der Waals surface area (Å²) >= 11 is 0. The van der Waals surface area contributed by atoms with E-state index in [1.165, 1.54) is 0 Å². The average Bonchev–Trinajstić information content (AvgIpc) is 2.68. The van der Waals surface area contributed by atoms with Gasteiger partial charge in [-0.25, -0.2) is 8.42 Å². The van der Waals surface area contributed by atoms with Crippen LogP contribution in [0.5, 0.6) is 0 Å². The summed E-state index contributed by atoms with van der Waals surface area (Å²) in [7, 11) is -3.00. The minimum Gasteiger partial charge on any atom is -0.227 e. The fourth-order valence-corrected chi connectivity index (χ4v) is 5.39. The third-order valence-corrected chi connectivity index (χ3v) is 7.16. The van der Waals surface area contributed by atoms with Gasteiger partial charge in [-0.3, -0.25) is 0 Å². The minimum atomic E-state index is -3.00. The molecule has 70 valence electrons. The molecule has 3 heteroatoms. The van der Waals surface area contributed by atoms with Gasteiger partial charge in [0, 0.05) is 11.8 Å². The summed E-state index contributed by atoms with van der Waals surface area (Å²) in [5.74, 6) is 0.480. The van der Waals surface area contributed by atoms with Crippen molar-refractivity contribution in [2.24, 2.45) is 11.8 Å². The van der Waals surface area contributed by atoms with Crippen molar-refractivity contribution in [1.29, 1.82) is 0 Å². The number of fused-ring (bicyclic) bond motifs is 2. The zero-order chi connectivity index (χ0) is 9.48. The van der Waals surface area contributed by atoms with Crippen LogP contribution in [0.3, 0.4) is 0 Å². The van der Waals surface area contributed by atoms with Crippen molar-refractivity contribution in [2.45, 2.75) is 23.3 Å². The lowest BCUT2D eigenvalue weighted by molar-refractivity contribution is 0.553. The number of rotatable bonds is 0. The lowest BCUT2D eigenvalue weighted by Gasteiger charge is -2.32. The molecule has 0 aromatic heterocycles. The highest BCUT2D eigenvalue weighted by molar-refractivity contribution is 7.95. The Hall–Kier alpha value is -0.570. The summed E-state index contributed by atoms with van der Waals surface area (Å²) in [5.41, 5.74) is 0. The van der Waals surface area contributed by atoms with Gasteiger partial charge in [0.1, 0.15) is 4.75 Å². The molecule has 2 bridgehead atoms. The molecule has 0 saturated heterocycles. The highest BCUT2D eigenvalue weighted by Crippen LogP contribution is 2.65. The Labute approximate surface area is 78.3 Å². The highest BCUT2D eigenvalue weighted by Gasteiger charge is 2.73. The lowest BCUT2D eigenvalue weighted by atomic mass is 10.1. The second-order valence-corrected chi connectivity index (χ2v) is 7.41. The summed E-state index contributed by atoms with van der Waals surface area (Å²) in [5, 5.41) is 0. The molecule has 2 heterocycles. The standard InChI is InChI=1S/C10H12O2S/c1-9-5-3-7-8(4-6-9)10(7,2)13(9,11)12/h3-8H,1-2H3/t7-,8-,9?,10?/m0/s1. The van der Waals surface area contributed by atoms with Gasteiger partial charge in [-0.15, -0.1) is 0 Å². The van der Waals surface area contributed by atoms with Gasteiger partial charge in [-0.2, -0.15) is 0 Å². The molecular formula is C10H12O2S. The van der Waals surface area contributed by atoms with E-state index in [1.54, 1.807) is 6.92 Å². The van der Waals surface area contributed by atoms with E-state index in [9.17, 15) is 8.42 Å². The largest absolute Gasteiger partial charge is 0.227 e. The van der Waals surface area contributed by atoms with Gasteiger partial charge >= 0.3 is 0 Å². The molecule has 2 nitrogen and oxygen atoms in total. The quantitative estimate of drug-likeness (QED) is 0.547. The summed E-state index contributed by atoms with van der Waals surface area (Å²) in [6, 6.07) is 0. The maximum Gasteiger partial charge on any atom is 0.169 e. The van der Waals surface area contributed by atoms with Crippen molar-refractivity contribution in [3.63, 3.8) is 0 Å². The van der Waals surface area contributed by atoms with E-state index in [2.05, 4.69) is 12.2 Å². The summed E-state index contributed by atoms with van der Waals surface area (Å²) < 4.78 is 23.1. The van der Waals surface area contributed by atoms with E-state index in [4.69, 9.17) is 0 Å². The van der Waals surface area contributed by atoms with Crippen molar-refractivity contribution in [3.05, 3.63) is 24.3 Å². The molecule has 3 aliphatic rings. The summed E-state index contributed by atoms with van der Waals surface area (Å²) in [4.78, 5) is 0. The molecule has 0 aromatic rings. The second-order valence-electron chi connectivity index (χ2n) is 4.64. The third-order valence-electron chi connectivity index (χ3n) is 4.03. The van der Waals surface area contributed by atoms with E-state index in [0.717, 1.165) is 0 Å². The molecule has 13 heavy (non-hydrogen) atoms. The topological polar surface area (TPSA) is 34.1 Å².